The summed E-state index contributed by atoms with van der Waals surface area (Å²) in [7, 11) is 0. The summed E-state index contributed by atoms with van der Waals surface area (Å²) in [5, 5.41) is 2.66. The summed E-state index contributed by atoms with van der Waals surface area (Å²) in [6, 6.07) is 0.0810. The van der Waals surface area contributed by atoms with Gasteiger partial charge in [-0.1, -0.05) is 13.8 Å². The fraction of sp³-hybridized carbons (Fsp3) is 1.00. The van der Waals surface area contributed by atoms with Crippen molar-refractivity contribution in [2.75, 3.05) is 19.8 Å². The van der Waals surface area contributed by atoms with Crippen LogP contribution in [0, 0.1) is 0 Å². The molecule has 0 atom stereocenters. The van der Waals surface area contributed by atoms with Crippen molar-refractivity contribution in [3.63, 3.8) is 0 Å². The molecule has 0 heterocycles. The van der Waals surface area contributed by atoms with E-state index in [0.717, 1.165) is 0 Å². The van der Waals surface area contributed by atoms with Gasteiger partial charge in [-0.15, -0.1) is 0 Å². The first-order chi connectivity index (χ1) is 5.48. The third-order valence-electron chi connectivity index (χ3n) is 1.29. The minimum atomic E-state index is -2.75. The van der Waals surface area contributed by atoms with Gasteiger partial charge in [0.1, 0.15) is 6.61 Å². The number of rotatable bonds is 6. The smallest absolute Gasteiger partial charge is 0.283 e. The Morgan fingerprint density at radius 3 is 2.42 bits per heavy atom. The van der Waals surface area contributed by atoms with E-state index in [1.54, 1.807) is 6.92 Å². The maximum absolute atomic E-state index is 12.8. The van der Waals surface area contributed by atoms with Gasteiger partial charge >= 0.3 is 0 Å². The van der Waals surface area contributed by atoms with Gasteiger partial charge in [0.2, 0.25) is 0 Å². The molecule has 0 bridgehead atoms. The molecule has 12 heavy (non-hydrogen) atoms. The third-order valence-corrected chi connectivity index (χ3v) is 1.29. The molecule has 1 N–H and O–H groups in total. The van der Waals surface area contributed by atoms with E-state index < -0.39 is 12.5 Å². The molecule has 0 radical (unpaired) electrons. The van der Waals surface area contributed by atoms with Crippen LogP contribution in [-0.2, 0) is 4.74 Å². The molecule has 0 rings (SSSR count). The Morgan fingerprint density at radius 2 is 2.00 bits per heavy atom. The first-order valence-electron chi connectivity index (χ1n) is 4.17. The van der Waals surface area contributed by atoms with Crippen molar-refractivity contribution in [3.8, 4) is 0 Å². The number of hydrogen-bond acceptors (Lipinski definition) is 2. The lowest BCUT2D eigenvalue weighted by Crippen LogP contribution is -2.39. The topological polar surface area (TPSA) is 21.3 Å². The summed E-state index contributed by atoms with van der Waals surface area (Å²) in [5.74, 6) is -2.75. The lowest BCUT2D eigenvalue weighted by molar-refractivity contribution is -0.0730. The van der Waals surface area contributed by atoms with E-state index in [9.17, 15) is 8.78 Å². The first kappa shape index (κ1) is 11.8. The summed E-state index contributed by atoms with van der Waals surface area (Å²) in [5.41, 5.74) is 0. The number of halogens is 2. The van der Waals surface area contributed by atoms with Gasteiger partial charge in [-0.2, -0.15) is 0 Å². The average molecular weight is 181 g/mol. The van der Waals surface area contributed by atoms with Gasteiger partial charge in [-0.25, -0.2) is 8.78 Å². The molecule has 0 spiro atoms. The average Bonchev–Trinajstić information content (AvgIpc) is 1.98. The minimum Gasteiger partial charge on any atom is -0.375 e. The molecule has 0 aliphatic heterocycles. The summed E-state index contributed by atoms with van der Waals surface area (Å²) < 4.78 is 30.2. The van der Waals surface area contributed by atoms with Gasteiger partial charge in [0.15, 0.2) is 0 Å². The highest BCUT2D eigenvalue weighted by molar-refractivity contribution is 4.69. The second-order valence-electron chi connectivity index (χ2n) is 3.03. The Morgan fingerprint density at radius 1 is 1.42 bits per heavy atom. The number of ether oxygens (including phenoxy) is 1. The second kappa shape index (κ2) is 5.43. The Kier molecular flexibility index (Phi) is 5.33. The molecule has 0 amide bonds. The SMILES string of the molecule is CCOCC(F)(F)CNC(C)C. The Hall–Kier alpha value is -0.220. The summed E-state index contributed by atoms with van der Waals surface area (Å²) in [4.78, 5) is 0. The molecule has 2 nitrogen and oxygen atoms in total. The zero-order valence-electron chi connectivity index (χ0n) is 7.86. The molecular weight excluding hydrogens is 164 g/mol. The highest BCUT2D eigenvalue weighted by atomic mass is 19.3. The standard InChI is InChI=1S/C8H17F2NO/c1-4-12-6-8(9,10)5-11-7(2)3/h7,11H,4-6H2,1-3H3. The minimum absolute atomic E-state index is 0.0810. The van der Waals surface area contributed by atoms with E-state index in [2.05, 4.69) is 10.1 Å². The summed E-state index contributed by atoms with van der Waals surface area (Å²) >= 11 is 0. The van der Waals surface area contributed by atoms with Crippen LogP contribution in [0.15, 0.2) is 0 Å². The largest absolute Gasteiger partial charge is 0.375 e. The van der Waals surface area contributed by atoms with Crippen LogP contribution in [0.4, 0.5) is 8.78 Å². The Bertz CT molecular complexity index is 118. The molecule has 0 saturated heterocycles. The van der Waals surface area contributed by atoms with Gasteiger partial charge in [0.25, 0.3) is 5.92 Å². The molecule has 0 aliphatic rings. The highest BCUT2D eigenvalue weighted by Crippen LogP contribution is 2.12. The van der Waals surface area contributed by atoms with Gasteiger partial charge in [-0.3, -0.25) is 0 Å². The zero-order chi connectivity index (χ0) is 9.61. The van der Waals surface area contributed by atoms with Crippen LogP contribution in [-0.4, -0.2) is 31.7 Å². The quantitative estimate of drug-likeness (QED) is 0.672. The molecule has 74 valence electrons. The number of nitrogens with one attached hydrogen (secondary N) is 1. The monoisotopic (exact) mass is 181 g/mol. The van der Waals surface area contributed by atoms with Crippen molar-refractivity contribution in [3.05, 3.63) is 0 Å². The molecule has 0 saturated carbocycles. The van der Waals surface area contributed by atoms with Crippen LogP contribution >= 0.6 is 0 Å². The molecule has 0 aromatic rings. The Balaban J connectivity index is 3.56. The van der Waals surface area contributed by atoms with Gasteiger partial charge in [-0.05, 0) is 6.92 Å². The molecular formula is C8H17F2NO. The second-order valence-corrected chi connectivity index (χ2v) is 3.03. The first-order valence-corrected chi connectivity index (χ1v) is 4.17. The summed E-state index contributed by atoms with van der Waals surface area (Å²) in [6.45, 7) is 4.88. The van der Waals surface area contributed by atoms with Gasteiger partial charge < -0.3 is 10.1 Å². The van der Waals surface area contributed by atoms with Crippen molar-refractivity contribution in [2.45, 2.75) is 32.7 Å². The van der Waals surface area contributed by atoms with E-state index >= 15 is 0 Å². The summed E-state index contributed by atoms with van der Waals surface area (Å²) in [6.07, 6.45) is 0. The normalized spacial score (nSPS) is 12.5. The Labute approximate surface area is 72.3 Å². The van der Waals surface area contributed by atoms with E-state index in [4.69, 9.17) is 0 Å². The van der Waals surface area contributed by atoms with Crippen LogP contribution < -0.4 is 5.32 Å². The van der Waals surface area contributed by atoms with Crippen LogP contribution in [0.1, 0.15) is 20.8 Å². The molecule has 4 heteroatoms. The predicted molar refractivity (Wildman–Crippen MR) is 44.6 cm³/mol. The van der Waals surface area contributed by atoms with Crippen molar-refractivity contribution >= 4 is 0 Å². The van der Waals surface area contributed by atoms with E-state index in [1.807, 2.05) is 13.8 Å². The number of hydrogen-bond donors (Lipinski definition) is 1. The zero-order valence-corrected chi connectivity index (χ0v) is 7.86. The van der Waals surface area contributed by atoms with E-state index in [-0.39, 0.29) is 12.6 Å². The van der Waals surface area contributed by atoms with Crippen LogP contribution in [0.3, 0.4) is 0 Å². The lowest BCUT2D eigenvalue weighted by Gasteiger charge is -2.18. The maximum atomic E-state index is 12.8. The molecule has 0 aromatic carbocycles. The van der Waals surface area contributed by atoms with Gasteiger partial charge in [0.05, 0.1) is 6.54 Å². The van der Waals surface area contributed by atoms with Crippen LogP contribution in [0.25, 0.3) is 0 Å². The molecule has 0 aliphatic carbocycles. The third kappa shape index (κ3) is 6.49. The molecule has 0 fully saturated rings. The number of alkyl halides is 2. The molecule has 0 aromatic heterocycles. The van der Waals surface area contributed by atoms with Crippen LogP contribution in [0.5, 0.6) is 0 Å². The predicted octanol–water partition coefficient (Wildman–Crippen LogP) is 1.66. The molecule has 0 unspecified atom stereocenters. The fourth-order valence-corrected chi connectivity index (χ4v) is 0.656. The van der Waals surface area contributed by atoms with Crippen molar-refractivity contribution in [1.29, 1.82) is 0 Å². The fourth-order valence-electron chi connectivity index (χ4n) is 0.656. The van der Waals surface area contributed by atoms with Crippen molar-refractivity contribution < 1.29 is 13.5 Å². The van der Waals surface area contributed by atoms with Crippen molar-refractivity contribution in [2.24, 2.45) is 0 Å². The van der Waals surface area contributed by atoms with Crippen LogP contribution in [0.2, 0.25) is 0 Å². The van der Waals surface area contributed by atoms with E-state index in [0.29, 0.717) is 6.61 Å². The van der Waals surface area contributed by atoms with Crippen molar-refractivity contribution in [1.82, 2.24) is 5.32 Å². The lowest BCUT2D eigenvalue weighted by atomic mass is 10.3. The van der Waals surface area contributed by atoms with E-state index in [1.165, 1.54) is 0 Å². The van der Waals surface area contributed by atoms with Gasteiger partial charge in [0, 0.05) is 12.6 Å². The maximum Gasteiger partial charge on any atom is 0.283 e. The highest BCUT2D eigenvalue weighted by Gasteiger charge is 2.28.